The summed E-state index contributed by atoms with van der Waals surface area (Å²) in [6.45, 7) is 3.20. The number of halogens is 1. The maximum Gasteiger partial charge on any atom is 0.350 e. The molecule has 0 aliphatic rings. The van der Waals surface area contributed by atoms with Crippen molar-refractivity contribution in [2.75, 3.05) is 5.32 Å². The molecule has 24 heavy (non-hydrogen) atoms. The van der Waals surface area contributed by atoms with Crippen molar-refractivity contribution in [1.82, 2.24) is 5.16 Å². The fourth-order valence-corrected chi connectivity index (χ4v) is 3.45. The van der Waals surface area contributed by atoms with Crippen LogP contribution in [-0.2, 0) is 9.53 Å². The van der Waals surface area contributed by atoms with Gasteiger partial charge in [0.2, 0.25) is 5.88 Å². The number of fused-ring (bicyclic) bond motifs is 1. The van der Waals surface area contributed by atoms with Crippen LogP contribution in [0, 0.1) is 6.92 Å². The molecule has 1 atom stereocenters. The zero-order valence-corrected chi connectivity index (χ0v) is 14.4. The number of esters is 1. The number of aryl methyl sites for hydroxylation is 1. The largest absolute Gasteiger partial charge is 0.448 e. The predicted octanol–water partition coefficient (Wildman–Crippen LogP) is 4.04. The van der Waals surface area contributed by atoms with E-state index in [1.165, 1.54) is 18.3 Å². The maximum atomic E-state index is 12.3. The monoisotopic (exact) mass is 364 g/mol. The Morgan fingerprint density at radius 1 is 1.38 bits per heavy atom. The molecule has 6 nitrogen and oxygen atoms in total. The molecule has 1 amide bonds. The molecule has 8 heteroatoms. The van der Waals surface area contributed by atoms with Gasteiger partial charge in [0.25, 0.3) is 5.91 Å². The minimum absolute atomic E-state index is 0.195. The third-order valence-corrected chi connectivity index (χ3v) is 4.90. The molecule has 0 aliphatic heterocycles. The van der Waals surface area contributed by atoms with E-state index >= 15 is 0 Å². The number of carbonyl (C=O) groups is 2. The standard InChI is InChI=1S/C16H13ClN2O4S/c1-8-7-12(23-19-8)18-15(20)9(2)22-16(21)14-13(17)10-5-3-4-6-11(10)24-14/h3-7,9H,1-2H3,(H,18,20). The van der Waals surface area contributed by atoms with Gasteiger partial charge in [0, 0.05) is 16.2 Å². The van der Waals surface area contributed by atoms with Crippen molar-refractivity contribution in [2.24, 2.45) is 0 Å². The fourth-order valence-electron chi connectivity index (χ4n) is 2.06. The van der Waals surface area contributed by atoms with Crippen molar-refractivity contribution in [3.05, 3.63) is 45.9 Å². The number of amides is 1. The molecule has 0 bridgehead atoms. The van der Waals surface area contributed by atoms with E-state index in [0.717, 1.165) is 10.1 Å². The number of aromatic nitrogens is 1. The normalized spacial score (nSPS) is 12.1. The average Bonchev–Trinajstić information content (AvgIpc) is 3.11. The molecule has 0 fully saturated rings. The maximum absolute atomic E-state index is 12.3. The molecule has 1 N–H and O–H groups in total. The van der Waals surface area contributed by atoms with Crippen molar-refractivity contribution < 1.29 is 18.8 Å². The van der Waals surface area contributed by atoms with Gasteiger partial charge in [-0.25, -0.2) is 4.79 Å². The summed E-state index contributed by atoms with van der Waals surface area (Å²) in [5.74, 6) is -0.963. The van der Waals surface area contributed by atoms with E-state index in [-0.39, 0.29) is 10.8 Å². The Balaban J connectivity index is 1.71. The van der Waals surface area contributed by atoms with Crippen LogP contribution >= 0.6 is 22.9 Å². The summed E-state index contributed by atoms with van der Waals surface area (Å²) < 4.78 is 11.0. The van der Waals surface area contributed by atoms with Gasteiger partial charge in [-0.2, -0.15) is 0 Å². The Morgan fingerprint density at radius 2 is 2.12 bits per heavy atom. The lowest BCUT2D eigenvalue weighted by Gasteiger charge is -2.11. The van der Waals surface area contributed by atoms with Gasteiger partial charge in [0.15, 0.2) is 6.10 Å². The molecule has 2 aromatic heterocycles. The van der Waals surface area contributed by atoms with Crippen molar-refractivity contribution in [3.63, 3.8) is 0 Å². The summed E-state index contributed by atoms with van der Waals surface area (Å²) in [5.41, 5.74) is 0.631. The van der Waals surface area contributed by atoms with Gasteiger partial charge < -0.3 is 9.26 Å². The van der Waals surface area contributed by atoms with Gasteiger partial charge in [-0.3, -0.25) is 10.1 Å². The van der Waals surface area contributed by atoms with Crippen LogP contribution in [0.1, 0.15) is 22.3 Å². The molecular formula is C16H13ClN2O4S. The average molecular weight is 365 g/mol. The Labute approximate surface area is 146 Å². The number of anilines is 1. The highest BCUT2D eigenvalue weighted by atomic mass is 35.5. The second-order valence-electron chi connectivity index (χ2n) is 5.11. The van der Waals surface area contributed by atoms with E-state index in [1.807, 2.05) is 24.3 Å². The van der Waals surface area contributed by atoms with Crippen LogP contribution in [0.4, 0.5) is 5.88 Å². The molecule has 0 saturated heterocycles. The smallest absolute Gasteiger partial charge is 0.350 e. The van der Waals surface area contributed by atoms with Gasteiger partial charge in [-0.15, -0.1) is 11.3 Å². The molecule has 0 aliphatic carbocycles. The van der Waals surface area contributed by atoms with Gasteiger partial charge in [0.05, 0.1) is 10.7 Å². The van der Waals surface area contributed by atoms with Crippen molar-refractivity contribution >= 4 is 50.8 Å². The van der Waals surface area contributed by atoms with E-state index < -0.39 is 18.0 Å². The zero-order chi connectivity index (χ0) is 17.3. The second kappa shape index (κ2) is 6.62. The number of nitrogens with zero attached hydrogens (tertiary/aromatic N) is 1. The van der Waals surface area contributed by atoms with E-state index in [2.05, 4.69) is 10.5 Å². The van der Waals surface area contributed by atoms with E-state index in [9.17, 15) is 9.59 Å². The summed E-state index contributed by atoms with van der Waals surface area (Å²) in [6, 6.07) is 8.96. The first kappa shape index (κ1) is 16.5. The van der Waals surface area contributed by atoms with Crippen molar-refractivity contribution in [1.29, 1.82) is 0 Å². The van der Waals surface area contributed by atoms with Crippen LogP contribution in [-0.4, -0.2) is 23.1 Å². The Hall–Kier alpha value is -2.38. The SMILES string of the molecule is Cc1cc(NC(=O)C(C)OC(=O)c2sc3ccccc3c2Cl)on1. The number of nitrogens with one attached hydrogen (secondary N) is 1. The Kier molecular flexibility index (Phi) is 4.55. The van der Waals surface area contributed by atoms with E-state index in [4.69, 9.17) is 20.9 Å². The summed E-state index contributed by atoms with van der Waals surface area (Å²) in [6.07, 6.45) is -1.01. The lowest BCUT2D eigenvalue weighted by Crippen LogP contribution is -2.29. The lowest BCUT2D eigenvalue weighted by atomic mass is 10.2. The van der Waals surface area contributed by atoms with Crippen LogP contribution in [0.5, 0.6) is 0 Å². The van der Waals surface area contributed by atoms with Crippen LogP contribution < -0.4 is 5.32 Å². The highest BCUT2D eigenvalue weighted by molar-refractivity contribution is 7.21. The number of thiophene rings is 1. The number of rotatable bonds is 4. The minimum Gasteiger partial charge on any atom is -0.448 e. The molecule has 1 unspecified atom stereocenters. The number of carbonyl (C=O) groups excluding carboxylic acids is 2. The summed E-state index contributed by atoms with van der Waals surface area (Å²) in [5, 5.41) is 7.26. The third-order valence-electron chi connectivity index (χ3n) is 3.25. The Morgan fingerprint density at radius 3 is 2.79 bits per heavy atom. The summed E-state index contributed by atoms with van der Waals surface area (Å²) in [4.78, 5) is 24.6. The summed E-state index contributed by atoms with van der Waals surface area (Å²) >= 11 is 7.46. The van der Waals surface area contributed by atoms with Crippen LogP contribution in [0.3, 0.4) is 0 Å². The van der Waals surface area contributed by atoms with Crippen LogP contribution in [0.2, 0.25) is 5.02 Å². The highest BCUT2D eigenvalue weighted by Crippen LogP contribution is 2.35. The number of ether oxygens (including phenoxy) is 1. The van der Waals surface area contributed by atoms with Crippen LogP contribution in [0.25, 0.3) is 10.1 Å². The molecule has 0 spiro atoms. The first-order valence-corrected chi connectivity index (χ1v) is 8.27. The van der Waals surface area contributed by atoms with Gasteiger partial charge >= 0.3 is 5.97 Å². The molecule has 124 valence electrons. The summed E-state index contributed by atoms with van der Waals surface area (Å²) in [7, 11) is 0. The van der Waals surface area contributed by atoms with Gasteiger partial charge in [-0.05, 0) is 19.9 Å². The molecule has 0 radical (unpaired) electrons. The number of hydrogen-bond donors (Lipinski definition) is 1. The highest BCUT2D eigenvalue weighted by Gasteiger charge is 2.24. The fraction of sp³-hybridized carbons (Fsp3) is 0.188. The van der Waals surface area contributed by atoms with Crippen molar-refractivity contribution in [3.8, 4) is 0 Å². The van der Waals surface area contributed by atoms with Gasteiger partial charge in [-0.1, -0.05) is 35.0 Å². The molecule has 2 heterocycles. The quantitative estimate of drug-likeness (QED) is 0.706. The number of benzene rings is 1. The Bertz CT molecular complexity index is 918. The molecule has 0 saturated carbocycles. The van der Waals surface area contributed by atoms with Crippen LogP contribution in [0.15, 0.2) is 34.9 Å². The van der Waals surface area contributed by atoms with E-state index in [1.54, 1.807) is 13.0 Å². The topological polar surface area (TPSA) is 81.4 Å². The minimum atomic E-state index is -1.01. The van der Waals surface area contributed by atoms with E-state index in [0.29, 0.717) is 10.7 Å². The molecular weight excluding hydrogens is 352 g/mol. The predicted molar refractivity (Wildman–Crippen MR) is 91.6 cm³/mol. The first-order chi connectivity index (χ1) is 11.5. The number of hydrogen-bond acceptors (Lipinski definition) is 6. The lowest BCUT2D eigenvalue weighted by molar-refractivity contribution is -0.123. The molecule has 1 aromatic carbocycles. The molecule has 3 rings (SSSR count). The van der Waals surface area contributed by atoms with Gasteiger partial charge in [0.1, 0.15) is 4.88 Å². The van der Waals surface area contributed by atoms with Crippen molar-refractivity contribution in [2.45, 2.75) is 20.0 Å². The molecule has 3 aromatic rings. The zero-order valence-electron chi connectivity index (χ0n) is 12.8. The second-order valence-corrected chi connectivity index (χ2v) is 6.54. The third kappa shape index (κ3) is 3.27. The first-order valence-electron chi connectivity index (χ1n) is 7.08.